The second-order valence-corrected chi connectivity index (χ2v) is 9.02. The number of hydrogen-bond donors (Lipinski definition) is 0. The van der Waals surface area contributed by atoms with Gasteiger partial charge in [0.1, 0.15) is 11.9 Å². The third-order valence-electron chi connectivity index (χ3n) is 5.04. The van der Waals surface area contributed by atoms with Crippen LogP contribution in [-0.4, -0.2) is 45.6 Å². The Balaban J connectivity index is 0.00000208. The zero-order chi connectivity index (χ0) is 16.7. The molecule has 2 N–H and O–H groups in total. The van der Waals surface area contributed by atoms with Crippen LogP contribution in [0.1, 0.15) is 40.5 Å². The molecule has 0 spiro atoms. The molecular formula is C17H27BO5S. The molecule has 0 aromatic heterocycles. The van der Waals surface area contributed by atoms with Crippen LogP contribution in [0.5, 0.6) is 5.75 Å². The molecule has 0 unspecified atom stereocenters. The molecule has 2 aliphatic heterocycles. The van der Waals surface area contributed by atoms with Crippen LogP contribution in [0, 0.1) is 0 Å². The predicted octanol–water partition coefficient (Wildman–Crippen LogP) is 1.45. The Labute approximate surface area is 147 Å². The van der Waals surface area contributed by atoms with Gasteiger partial charge in [-0.3, -0.25) is 4.21 Å². The van der Waals surface area contributed by atoms with Crippen molar-refractivity contribution in [3.05, 3.63) is 24.3 Å². The van der Waals surface area contributed by atoms with Gasteiger partial charge in [0.25, 0.3) is 0 Å². The molecule has 1 aromatic carbocycles. The molecule has 0 atom stereocenters. The summed E-state index contributed by atoms with van der Waals surface area (Å²) in [6.45, 7) is 8.21. The first-order valence-corrected chi connectivity index (χ1v) is 9.73. The zero-order valence-corrected chi connectivity index (χ0v) is 15.7. The number of benzene rings is 1. The Bertz CT molecular complexity index is 561. The average molecular weight is 354 g/mol. The summed E-state index contributed by atoms with van der Waals surface area (Å²) in [7, 11) is -0.994. The van der Waals surface area contributed by atoms with Crippen molar-refractivity contribution in [1.82, 2.24) is 0 Å². The first kappa shape index (κ1) is 19.4. The molecule has 5 nitrogen and oxygen atoms in total. The fraction of sp³-hybridized carbons (Fsp3) is 0.647. The van der Waals surface area contributed by atoms with Crippen molar-refractivity contribution in [2.45, 2.75) is 57.8 Å². The molecule has 24 heavy (non-hydrogen) atoms. The van der Waals surface area contributed by atoms with Crippen molar-refractivity contribution in [2.24, 2.45) is 0 Å². The van der Waals surface area contributed by atoms with Crippen molar-refractivity contribution in [2.75, 3.05) is 11.5 Å². The molecular weight excluding hydrogens is 327 g/mol. The van der Waals surface area contributed by atoms with E-state index in [9.17, 15) is 4.21 Å². The molecule has 2 aliphatic rings. The van der Waals surface area contributed by atoms with Gasteiger partial charge in [0, 0.05) is 22.3 Å². The van der Waals surface area contributed by atoms with Crippen LogP contribution in [-0.2, 0) is 20.1 Å². The lowest BCUT2D eigenvalue weighted by Crippen LogP contribution is -2.41. The van der Waals surface area contributed by atoms with Crippen LogP contribution >= 0.6 is 0 Å². The second kappa shape index (κ2) is 7.16. The van der Waals surface area contributed by atoms with Crippen LogP contribution in [0.4, 0.5) is 0 Å². The molecule has 0 saturated carbocycles. The van der Waals surface area contributed by atoms with E-state index < -0.39 is 10.8 Å². The summed E-state index contributed by atoms with van der Waals surface area (Å²) in [5.74, 6) is 2.34. The Morgan fingerprint density at radius 2 is 1.54 bits per heavy atom. The maximum atomic E-state index is 11.4. The minimum absolute atomic E-state index is 0. The van der Waals surface area contributed by atoms with Crippen molar-refractivity contribution < 1.29 is 23.7 Å². The summed E-state index contributed by atoms with van der Waals surface area (Å²) in [6, 6.07) is 7.93. The third kappa shape index (κ3) is 4.02. The first-order chi connectivity index (χ1) is 10.8. The molecule has 0 radical (unpaired) electrons. The molecule has 7 heteroatoms. The van der Waals surface area contributed by atoms with E-state index in [-0.39, 0.29) is 29.9 Å². The average Bonchev–Trinajstić information content (AvgIpc) is 2.71. The van der Waals surface area contributed by atoms with Gasteiger partial charge >= 0.3 is 7.12 Å². The predicted molar refractivity (Wildman–Crippen MR) is 97.3 cm³/mol. The highest BCUT2D eigenvalue weighted by molar-refractivity contribution is 7.85. The summed E-state index contributed by atoms with van der Waals surface area (Å²) in [4.78, 5) is 0. The van der Waals surface area contributed by atoms with E-state index in [4.69, 9.17) is 14.0 Å². The van der Waals surface area contributed by atoms with E-state index in [0.29, 0.717) is 0 Å². The lowest BCUT2D eigenvalue weighted by molar-refractivity contribution is 0.00578. The number of hydrogen-bond acceptors (Lipinski definition) is 4. The summed E-state index contributed by atoms with van der Waals surface area (Å²) in [5, 5.41) is 0. The maximum Gasteiger partial charge on any atom is 0.494 e. The van der Waals surface area contributed by atoms with E-state index in [0.717, 1.165) is 35.6 Å². The lowest BCUT2D eigenvalue weighted by Gasteiger charge is -2.32. The van der Waals surface area contributed by atoms with Crippen molar-refractivity contribution in [3.8, 4) is 5.75 Å². The highest BCUT2D eigenvalue weighted by Gasteiger charge is 2.51. The lowest BCUT2D eigenvalue weighted by atomic mass is 9.79. The van der Waals surface area contributed by atoms with Gasteiger partial charge in [0.2, 0.25) is 0 Å². The zero-order valence-electron chi connectivity index (χ0n) is 14.8. The van der Waals surface area contributed by atoms with E-state index in [1.54, 1.807) is 0 Å². The molecule has 134 valence electrons. The third-order valence-corrected chi connectivity index (χ3v) is 6.43. The minimum atomic E-state index is -0.652. The van der Waals surface area contributed by atoms with Crippen molar-refractivity contribution >= 4 is 23.4 Å². The van der Waals surface area contributed by atoms with Crippen LogP contribution in [0.3, 0.4) is 0 Å². The standard InChI is InChI=1S/C17H25BO4S.H2O/c1-16(2)17(3,4)22-18(21-16)13-5-7-14(8-6-13)20-15-9-11-23(19)12-10-15;/h5-8,15H,9-12H2,1-4H3;1H2. The highest BCUT2D eigenvalue weighted by Crippen LogP contribution is 2.36. The molecule has 3 rings (SSSR count). The first-order valence-electron chi connectivity index (χ1n) is 8.24. The van der Waals surface area contributed by atoms with Gasteiger partial charge in [-0.05, 0) is 58.1 Å². The minimum Gasteiger partial charge on any atom is -0.490 e. The number of rotatable bonds is 3. The van der Waals surface area contributed by atoms with E-state index >= 15 is 0 Å². The monoisotopic (exact) mass is 354 g/mol. The Kier molecular flexibility index (Phi) is 5.80. The molecule has 2 fully saturated rings. The highest BCUT2D eigenvalue weighted by atomic mass is 32.2. The van der Waals surface area contributed by atoms with Crippen LogP contribution in [0.25, 0.3) is 0 Å². The molecule has 0 aliphatic carbocycles. The van der Waals surface area contributed by atoms with Crippen molar-refractivity contribution in [1.29, 1.82) is 0 Å². The Morgan fingerprint density at radius 1 is 1.04 bits per heavy atom. The van der Waals surface area contributed by atoms with Crippen LogP contribution in [0.2, 0.25) is 0 Å². The molecule has 1 aromatic rings. The molecule has 0 bridgehead atoms. The van der Waals surface area contributed by atoms with Crippen molar-refractivity contribution in [3.63, 3.8) is 0 Å². The van der Waals surface area contributed by atoms with Gasteiger partial charge in [-0.1, -0.05) is 12.1 Å². The van der Waals surface area contributed by atoms with Gasteiger partial charge < -0.3 is 19.5 Å². The smallest absolute Gasteiger partial charge is 0.490 e. The van der Waals surface area contributed by atoms with E-state index in [1.807, 2.05) is 24.3 Å². The molecule has 2 heterocycles. The van der Waals surface area contributed by atoms with Gasteiger partial charge in [0.05, 0.1) is 11.2 Å². The fourth-order valence-corrected chi connectivity index (χ4v) is 4.02. The van der Waals surface area contributed by atoms with Gasteiger partial charge in [-0.2, -0.15) is 0 Å². The Morgan fingerprint density at radius 3 is 2.04 bits per heavy atom. The summed E-state index contributed by atoms with van der Waals surface area (Å²) in [6.07, 6.45) is 1.91. The molecule has 0 amide bonds. The van der Waals surface area contributed by atoms with Gasteiger partial charge in [-0.15, -0.1) is 0 Å². The van der Waals surface area contributed by atoms with Crippen LogP contribution in [0.15, 0.2) is 24.3 Å². The summed E-state index contributed by atoms with van der Waals surface area (Å²) >= 11 is 0. The fourth-order valence-electron chi connectivity index (χ4n) is 2.77. The van der Waals surface area contributed by atoms with E-state index in [1.165, 1.54) is 0 Å². The van der Waals surface area contributed by atoms with E-state index in [2.05, 4.69) is 27.7 Å². The largest absolute Gasteiger partial charge is 0.494 e. The van der Waals surface area contributed by atoms with Gasteiger partial charge in [0.15, 0.2) is 0 Å². The summed E-state index contributed by atoms with van der Waals surface area (Å²) < 4.78 is 29.5. The van der Waals surface area contributed by atoms with Gasteiger partial charge in [-0.25, -0.2) is 0 Å². The normalized spacial score (nSPS) is 28.2. The second-order valence-electron chi connectivity index (χ2n) is 7.32. The molecule has 2 saturated heterocycles. The Hall–Kier alpha value is -0.885. The maximum absolute atomic E-state index is 11.4. The quantitative estimate of drug-likeness (QED) is 0.770. The topological polar surface area (TPSA) is 76.3 Å². The SMILES string of the molecule is CC1(C)OB(c2ccc(OC3CCS(=O)CC3)cc2)OC1(C)C.O. The number of ether oxygens (including phenoxy) is 1. The van der Waals surface area contributed by atoms with Crippen LogP contribution < -0.4 is 10.2 Å². The summed E-state index contributed by atoms with van der Waals surface area (Å²) in [5.41, 5.74) is 0.343.